The Balaban J connectivity index is 1.83. The molecule has 0 N–H and O–H groups in total. The second kappa shape index (κ2) is 5.30. The molecule has 1 aromatic heterocycles. The van der Waals surface area contributed by atoms with Gasteiger partial charge < -0.3 is 0 Å². The predicted octanol–water partition coefficient (Wildman–Crippen LogP) is 3.00. The minimum Gasteiger partial charge on any atom is -0.300 e. The van der Waals surface area contributed by atoms with Crippen LogP contribution in [0.15, 0.2) is 12.1 Å². The van der Waals surface area contributed by atoms with Gasteiger partial charge in [-0.15, -0.1) is 11.3 Å². The SMILES string of the molecule is CC1CC(=O)CCN1CCc1ccc(Cl)s1. The van der Waals surface area contributed by atoms with Gasteiger partial charge in [0.2, 0.25) is 0 Å². The molecular formula is C12H16ClNOS. The summed E-state index contributed by atoms with van der Waals surface area (Å²) in [7, 11) is 0. The minimum atomic E-state index is 0.400. The maximum atomic E-state index is 11.3. The quantitative estimate of drug-likeness (QED) is 0.830. The molecule has 1 unspecified atom stereocenters. The van der Waals surface area contributed by atoms with E-state index in [9.17, 15) is 4.79 Å². The largest absolute Gasteiger partial charge is 0.300 e. The number of ketones is 1. The first-order chi connectivity index (χ1) is 7.65. The summed E-state index contributed by atoms with van der Waals surface area (Å²) in [6.07, 6.45) is 2.47. The van der Waals surface area contributed by atoms with Crippen molar-refractivity contribution in [2.45, 2.75) is 32.2 Å². The molecule has 1 aliphatic rings. The predicted molar refractivity (Wildman–Crippen MR) is 68.3 cm³/mol. The van der Waals surface area contributed by atoms with Crippen LogP contribution in [-0.2, 0) is 11.2 Å². The summed E-state index contributed by atoms with van der Waals surface area (Å²) < 4.78 is 0.858. The first kappa shape index (κ1) is 12.1. The van der Waals surface area contributed by atoms with Crippen LogP contribution in [0.3, 0.4) is 0 Å². The summed E-state index contributed by atoms with van der Waals surface area (Å²) in [6.45, 7) is 4.09. The fourth-order valence-electron chi connectivity index (χ4n) is 2.12. The van der Waals surface area contributed by atoms with Crippen LogP contribution in [-0.4, -0.2) is 29.8 Å². The van der Waals surface area contributed by atoms with E-state index >= 15 is 0 Å². The van der Waals surface area contributed by atoms with Gasteiger partial charge in [-0.1, -0.05) is 11.6 Å². The standard InChI is InChI=1S/C12H16ClNOS/c1-9-8-10(15)4-6-14(9)7-5-11-2-3-12(13)16-11/h2-3,9H,4-8H2,1H3. The molecule has 0 radical (unpaired) electrons. The van der Waals surface area contributed by atoms with Crippen LogP contribution in [0.4, 0.5) is 0 Å². The molecule has 0 aliphatic carbocycles. The van der Waals surface area contributed by atoms with Crippen LogP contribution in [0.1, 0.15) is 24.6 Å². The minimum absolute atomic E-state index is 0.400. The van der Waals surface area contributed by atoms with Crippen LogP contribution in [0.5, 0.6) is 0 Å². The first-order valence-electron chi connectivity index (χ1n) is 5.65. The highest BCUT2D eigenvalue weighted by Gasteiger charge is 2.22. The van der Waals surface area contributed by atoms with Gasteiger partial charge in [0, 0.05) is 36.9 Å². The van der Waals surface area contributed by atoms with Gasteiger partial charge in [-0.05, 0) is 25.5 Å². The Morgan fingerprint density at radius 3 is 3.00 bits per heavy atom. The van der Waals surface area contributed by atoms with E-state index in [0.717, 1.165) is 30.3 Å². The number of nitrogens with zero attached hydrogens (tertiary/aromatic N) is 1. The summed E-state index contributed by atoms with van der Waals surface area (Å²) in [5.41, 5.74) is 0. The normalized spacial score (nSPS) is 22.6. The molecule has 1 fully saturated rings. The second-order valence-electron chi connectivity index (χ2n) is 4.33. The van der Waals surface area contributed by atoms with E-state index < -0.39 is 0 Å². The fraction of sp³-hybridized carbons (Fsp3) is 0.583. The molecule has 1 aromatic rings. The average molecular weight is 258 g/mol. The van der Waals surface area contributed by atoms with Crippen molar-refractivity contribution in [3.05, 3.63) is 21.3 Å². The van der Waals surface area contributed by atoms with Crippen LogP contribution in [0.2, 0.25) is 4.34 Å². The van der Waals surface area contributed by atoms with E-state index in [0.29, 0.717) is 18.2 Å². The number of carbonyl (C=O) groups excluding carboxylic acids is 1. The van der Waals surface area contributed by atoms with Crippen molar-refractivity contribution in [2.24, 2.45) is 0 Å². The monoisotopic (exact) mass is 257 g/mol. The molecule has 0 spiro atoms. The molecule has 88 valence electrons. The molecule has 2 heterocycles. The van der Waals surface area contributed by atoms with Crippen molar-refractivity contribution in [3.63, 3.8) is 0 Å². The molecular weight excluding hydrogens is 242 g/mol. The summed E-state index contributed by atoms with van der Waals surface area (Å²) in [4.78, 5) is 15.0. The Morgan fingerprint density at radius 1 is 1.56 bits per heavy atom. The molecule has 4 heteroatoms. The van der Waals surface area contributed by atoms with Gasteiger partial charge in [-0.3, -0.25) is 9.69 Å². The third-order valence-electron chi connectivity index (χ3n) is 3.10. The summed E-state index contributed by atoms with van der Waals surface area (Å²) in [6, 6.07) is 4.44. The molecule has 1 aliphatic heterocycles. The molecule has 1 saturated heterocycles. The van der Waals surface area contributed by atoms with Gasteiger partial charge in [0.1, 0.15) is 5.78 Å². The lowest BCUT2D eigenvalue weighted by Crippen LogP contribution is -2.41. The summed E-state index contributed by atoms with van der Waals surface area (Å²) >= 11 is 7.54. The highest BCUT2D eigenvalue weighted by molar-refractivity contribution is 7.16. The highest BCUT2D eigenvalue weighted by atomic mass is 35.5. The van der Waals surface area contributed by atoms with E-state index in [1.54, 1.807) is 11.3 Å². The Bertz CT molecular complexity index is 377. The molecule has 0 bridgehead atoms. The van der Waals surface area contributed by atoms with Gasteiger partial charge in [0.05, 0.1) is 4.34 Å². The van der Waals surface area contributed by atoms with Crippen LogP contribution in [0, 0.1) is 0 Å². The summed E-state index contributed by atoms with van der Waals surface area (Å²) in [5, 5.41) is 0. The molecule has 0 amide bonds. The number of piperidine rings is 1. The van der Waals surface area contributed by atoms with E-state index in [2.05, 4.69) is 17.9 Å². The molecule has 2 nitrogen and oxygen atoms in total. The Morgan fingerprint density at radius 2 is 2.38 bits per heavy atom. The Hall–Kier alpha value is -0.380. The number of halogens is 1. The van der Waals surface area contributed by atoms with Gasteiger partial charge in [0.15, 0.2) is 0 Å². The van der Waals surface area contributed by atoms with Crippen molar-refractivity contribution in [1.82, 2.24) is 4.90 Å². The third kappa shape index (κ3) is 3.06. The maximum Gasteiger partial charge on any atom is 0.135 e. The topological polar surface area (TPSA) is 20.3 Å². The van der Waals surface area contributed by atoms with Crippen LogP contribution >= 0.6 is 22.9 Å². The molecule has 0 saturated carbocycles. The molecule has 0 aromatic carbocycles. The number of hydrogen-bond acceptors (Lipinski definition) is 3. The number of likely N-dealkylation sites (tertiary alicyclic amines) is 1. The maximum absolute atomic E-state index is 11.3. The zero-order valence-corrected chi connectivity index (χ0v) is 11.0. The van der Waals surface area contributed by atoms with E-state index in [-0.39, 0.29) is 0 Å². The second-order valence-corrected chi connectivity index (χ2v) is 6.13. The van der Waals surface area contributed by atoms with Crippen LogP contribution in [0.25, 0.3) is 0 Å². The zero-order chi connectivity index (χ0) is 11.5. The summed E-state index contributed by atoms with van der Waals surface area (Å²) in [5.74, 6) is 0.405. The van der Waals surface area contributed by atoms with Crippen molar-refractivity contribution >= 4 is 28.7 Å². The Kier molecular flexibility index (Phi) is 4.00. The Labute approximate surface area is 105 Å². The smallest absolute Gasteiger partial charge is 0.135 e. The van der Waals surface area contributed by atoms with Gasteiger partial charge in [0.25, 0.3) is 0 Å². The lowest BCUT2D eigenvalue weighted by atomic mass is 10.0. The number of thiophene rings is 1. The van der Waals surface area contributed by atoms with Crippen molar-refractivity contribution in [3.8, 4) is 0 Å². The number of rotatable bonds is 3. The lowest BCUT2D eigenvalue weighted by molar-refractivity contribution is -0.122. The third-order valence-corrected chi connectivity index (χ3v) is 4.39. The van der Waals surface area contributed by atoms with Gasteiger partial charge in [-0.2, -0.15) is 0 Å². The van der Waals surface area contributed by atoms with Gasteiger partial charge >= 0.3 is 0 Å². The van der Waals surface area contributed by atoms with Crippen molar-refractivity contribution in [1.29, 1.82) is 0 Å². The number of hydrogen-bond donors (Lipinski definition) is 0. The van der Waals surface area contributed by atoms with E-state index in [1.807, 2.05) is 6.07 Å². The first-order valence-corrected chi connectivity index (χ1v) is 6.84. The molecule has 16 heavy (non-hydrogen) atoms. The van der Waals surface area contributed by atoms with Gasteiger partial charge in [-0.25, -0.2) is 0 Å². The average Bonchev–Trinajstić information content (AvgIpc) is 2.63. The highest BCUT2D eigenvalue weighted by Crippen LogP contribution is 2.22. The number of carbonyl (C=O) groups is 1. The fourth-order valence-corrected chi connectivity index (χ4v) is 3.20. The van der Waals surface area contributed by atoms with E-state index in [4.69, 9.17) is 11.6 Å². The number of Topliss-reactive ketones (excluding diaryl/α,β-unsaturated/α-hetero) is 1. The van der Waals surface area contributed by atoms with Crippen LogP contribution < -0.4 is 0 Å². The molecule has 1 atom stereocenters. The zero-order valence-electron chi connectivity index (χ0n) is 9.41. The van der Waals surface area contributed by atoms with E-state index in [1.165, 1.54) is 4.88 Å². The lowest BCUT2D eigenvalue weighted by Gasteiger charge is -2.32. The van der Waals surface area contributed by atoms with Crippen molar-refractivity contribution in [2.75, 3.05) is 13.1 Å². The molecule has 2 rings (SSSR count). The van der Waals surface area contributed by atoms with Crippen molar-refractivity contribution < 1.29 is 4.79 Å².